The molecule has 2 N–H and O–H groups in total. The molecular weight excluding hydrogens is 289 g/mol. The van der Waals surface area contributed by atoms with Crippen molar-refractivity contribution in [2.45, 2.75) is 19.8 Å². The Hall–Kier alpha value is -1.33. The molecule has 0 bridgehead atoms. The Morgan fingerprint density at radius 2 is 1.95 bits per heavy atom. The van der Waals surface area contributed by atoms with Gasteiger partial charge in [-0.15, -0.1) is 0 Å². The van der Waals surface area contributed by atoms with E-state index in [0.717, 1.165) is 6.42 Å². The molecule has 0 aliphatic rings. The Balaban J connectivity index is 2.43. The number of nitrogens with one attached hydrogen (secondary N) is 2. The lowest BCUT2D eigenvalue weighted by atomic mass is 10.3. The van der Waals surface area contributed by atoms with Crippen molar-refractivity contribution in [1.29, 1.82) is 0 Å². The minimum Gasteiger partial charge on any atom is -0.356 e. The van der Waals surface area contributed by atoms with E-state index in [2.05, 4.69) is 15.6 Å². The molecule has 0 fully saturated rings. The first-order chi connectivity index (χ1) is 9.04. The van der Waals surface area contributed by atoms with Crippen LogP contribution in [-0.4, -0.2) is 29.9 Å². The van der Waals surface area contributed by atoms with E-state index in [1.165, 1.54) is 12.1 Å². The van der Waals surface area contributed by atoms with Gasteiger partial charge in [0.1, 0.15) is 10.8 Å². The van der Waals surface area contributed by atoms with E-state index in [1.54, 1.807) is 0 Å². The predicted molar refractivity (Wildman–Crippen MR) is 74.5 cm³/mol. The van der Waals surface area contributed by atoms with E-state index in [1.807, 2.05) is 6.92 Å². The number of halogens is 2. The fraction of sp³-hybridized carbons (Fsp3) is 0.417. The summed E-state index contributed by atoms with van der Waals surface area (Å²) in [5.41, 5.74) is 0.0585. The lowest BCUT2D eigenvalue weighted by Crippen LogP contribution is -2.31. The minimum atomic E-state index is -0.448. The zero-order chi connectivity index (χ0) is 14.3. The first-order valence-corrected chi connectivity index (χ1v) is 6.67. The summed E-state index contributed by atoms with van der Waals surface area (Å²) in [5, 5.41) is 5.69. The highest BCUT2D eigenvalue weighted by molar-refractivity contribution is 6.34. The van der Waals surface area contributed by atoms with Crippen molar-refractivity contribution in [3.05, 3.63) is 28.0 Å². The quantitative estimate of drug-likeness (QED) is 0.790. The van der Waals surface area contributed by atoms with Gasteiger partial charge in [-0.2, -0.15) is 0 Å². The number of pyridine rings is 1. The van der Waals surface area contributed by atoms with Crippen molar-refractivity contribution in [2.24, 2.45) is 0 Å². The molecular formula is C12H15Cl2N3O2. The Bertz CT molecular complexity index is 466. The summed E-state index contributed by atoms with van der Waals surface area (Å²) < 4.78 is 0. The number of rotatable bonds is 6. The third-order valence-electron chi connectivity index (χ3n) is 2.24. The van der Waals surface area contributed by atoms with E-state index in [9.17, 15) is 9.59 Å². The summed E-state index contributed by atoms with van der Waals surface area (Å²) in [5.74, 6) is -0.553. The number of aromatic nitrogens is 1. The monoisotopic (exact) mass is 303 g/mol. The summed E-state index contributed by atoms with van der Waals surface area (Å²) in [4.78, 5) is 26.9. The fourth-order valence-corrected chi connectivity index (χ4v) is 1.64. The average Bonchev–Trinajstić information content (AvgIpc) is 2.39. The van der Waals surface area contributed by atoms with Crippen LogP contribution in [0.3, 0.4) is 0 Å². The Kier molecular flexibility index (Phi) is 6.59. The lowest BCUT2D eigenvalue weighted by Gasteiger charge is -2.06. The largest absolute Gasteiger partial charge is 0.356 e. The van der Waals surface area contributed by atoms with Crippen LogP contribution in [-0.2, 0) is 4.79 Å². The van der Waals surface area contributed by atoms with E-state index in [-0.39, 0.29) is 34.7 Å². The molecule has 0 saturated carbocycles. The van der Waals surface area contributed by atoms with Crippen molar-refractivity contribution in [1.82, 2.24) is 15.6 Å². The SMILES string of the molecule is CCCNC(=O)CCNC(=O)c1nc(Cl)ccc1Cl. The Morgan fingerprint density at radius 1 is 1.21 bits per heavy atom. The second-order valence-electron chi connectivity index (χ2n) is 3.82. The van der Waals surface area contributed by atoms with Crippen LogP contribution in [0, 0.1) is 0 Å². The maximum atomic E-state index is 11.8. The molecule has 1 aromatic rings. The van der Waals surface area contributed by atoms with Crippen molar-refractivity contribution in [3.8, 4) is 0 Å². The summed E-state index contributed by atoms with van der Waals surface area (Å²) in [6.45, 7) is 2.82. The number of hydrogen-bond acceptors (Lipinski definition) is 3. The van der Waals surface area contributed by atoms with Gasteiger partial charge in [0.25, 0.3) is 5.91 Å². The molecule has 0 radical (unpaired) electrons. The zero-order valence-corrected chi connectivity index (χ0v) is 12.0. The van der Waals surface area contributed by atoms with E-state index < -0.39 is 5.91 Å². The third kappa shape index (κ3) is 5.44. The Morgan fingerprint density at radius 3 is 2.63 bits per heavy atom. The molecule has 19 heavy (non-hydrogen) atoms. The molecule has 0 aromatic carbocycles. The van der Waals surface area contributed by atoms with Crippen molar-refractivity contribution in [3.63, 3.8) is 0 Å². The second kappa shape index (κ2) is 7.96. The first kappa shape index (κ1) is 15.7. The highest BCUT2D eigenvalue weighted by atomic mass is 35.5. The molecule has 1 heterocycles. The van der Waals surface area contributed by atoms with Gasteiger partial charge in [0.15, 0.2) is 0 Å². The van der Waals surface area contributed by atoms with Crippen LogP contribution in [0.2, 0.25) is 10.2 Å². The van der Waals surface area contributed by atoms with Gasteiger partial charge in [-0.25, -0.2) is 4.98 Å². The third-order valence-corrected chi connectivity index (χ3v) is 2.75. The zero-order valence-electron chi connectivity index (χ0n) is 10.5. The van der Waals surface area contributed by atoms with Gasteiger partial charge < -0.3 is 10.6 Å². The summed E-state index contributed by atoms with van der Waals surface area (Å²) >= 11 is 11.5. The number of amides is 2. The van der Waals surface area contributed by atoms with Crippen molar-refractivity contribution in [2.75, 3.05) is 13.1 Å². The minimum absolute atomic E-state index is 0.0585. The summed E-state index contributed by atoms with van der Waals surface area (Å²) in [6, 6.07) is 3.00. The number of carbonyl (C=O) groups excluding carboxylic acids is 2. The molecule has 2 amide bonds. The van der Waals surface area contributed by atoms with Gasteiger partial charge in [0, 0.05) is 19.5 Å². The van der Waals surface area contributed by atoms with Gasteiger partial charge in [0.05, 0.1) is 5.02 Å². The van der Waals surface area contributed by atoms with E-state index in [4.69, 9.17) is 23.2 Å². The van der Waals surface area contributed by atoms with Gasteiger partial charge >= 0.3 is 0 Å². The van der Waals surface area contributed by atoms with Crippen LogP contribution in [0.4, 0.5) is 0 Å². The van der Waals surface area contributed by atoms with Crippen LogP contribution in [0.15, 0.2) is 12.1 Å². The lowest BCUT2D eigenvalue weighted by molar-refractivity contribution is -0.120. The Labute approximate surface area is 121 Å². The predicted octanol–water partition coefficient (Wildman–Crippen LogP) is 2.03. The van der Waals surface area contributed by atoms with Crippen molar-refractivity contribution >= 4 is 35.0 Å². The number of carbonyl (C=O) groups is 2. The molecule has 0 unspecified atom stereocenters. The topological polar surface area (TPSA) is 71.1 Å². The maximum absolute atomic E-state index is 11.8. The first-order valence-electron chi connectivity index (χ1n) is 5.91. The average molecular weight is 304 g/mol. The highest BCUT2D eigenvalue weighted by Gasteiger charge is 2.12. The van der Waals surface area contributed by atoms with E-state index in [0.29, 0.717) is 6.54 Å². The number of hydrogen-bond donors (Lipinski definition) is 2. The maximum Gasteiger partial charge on any atom is 0.271 e. The van der Waals surface area contributed by atoms with Crippen LogP contribution in [0.5, 0.6) is 0 Å². The van der Waals surface area contributed by atoms with Crippen LogP contribution in [0.25, 0.3) is 0 Å². The van der Waals surface area contributed by atoms with Crippen molar-refractivity contribution < 1.29 is 9.59 Å². The number of nitrogens with zero attached hydrogens (tertiary/aromatic N) is 1. The molecule has 0 saturated heterocycles. The summed E-state index contributed by atoms with van der Waals surface area (Å²) in [6.07, 6.45) is 1.09. The van der Waals surface area contributed by atoms with Crippen LogP contribution >= 0.6 is 23.2 Å². The van der Waals surface area contributed by atoms with Gasteiger partial charge in [0.2, 0.25) is 5.91 Å². The molecule has 1 aromatic heterocycles. The molecule has 0 aliphatic heterocycles. The van der Waals surface area contributed by atoms with E-state index >= 15 is 0 Å². The second-order valence-corrected chi connectivity index (χ2v) is 4.61. The molecule has 5 nitrogen and oxygen atoms in total. The van der Waals surface area contributed by atoms with Crippen LogP contribution in [0.1, 0.15) is 30.3 Å². The molecule has 1 rings (SSSR count). The summed E-state index contributed by atoms with van der Waals surface area (Å²) in [7, 11) is 0. The highest BCUT2D eigenvalue weighted by Crippen LogP contribution is 2.16. The fourth-order valence-electron chi connectivity index (χ4n) is 1.30. The van der Waals surface area contributed by atoms with Gasteiger partial charge in [-0.1, -0.05) is 30.1 Å². The van der Waals surface area contributed by atoms with Gasteiger partial charge in [-0.3, -0.25) is 9.59 Å². The smallest absolute Gasteiger partial charge is 0.271 e. The standard InChI is InChI=1S/C12H15Cl2N3O2/c1-2-6-15-10(18)5-7-16-12(19)11-8(13)3-4-9(14)17-11/h3-4H,2,5-7H2,1H3,(H,15,18)(H,16,19). The normalized spacial score (nSPS) is 10.1. The molecule has 104 valence electrons. The molecule has 0 atom stereocenters. The van der Waals surface area contributed by atoms with Gasteiger partial charge in [-0.05, 0) is 18.6 Å². The molecule has 7 heteroatoms. The van der Waals surface area contributed by atoms with Crippen LogP contribution < -0.4 is 10.6 Å². The molecule has 0 spiro atoms. The molecule has 0 aliphatic carbocycles.